The standard InChI is InChI=1S/C35H29O4/c36-23-31-14-8-16-35(39-26-29-17-19-32(20-18-29)37-24-27-9-3-1-4-10-27)34(31)22-30-13-7-15-33(21-30)38-25-28-11-5-2-6-12-28/h1-21H,22,24-26H2. The van der Waals surface area contributed by atoms with Crippen LogP contribution in [-0.4, -0.2) is 6.29 Å². The van der Waals surface area contributed by atoms with Gasteiger partial charge in [-0.15, -0.1) is 0 Å². The molecule has 0 spiro atoms. The summed E-state index contributed by atoms with van der Waals surface area (Å²) in [7, 11) is 0. The van der Waals surface area contributed by atoms with Crippen LogP contribution in [0.25, 0.3) is 0 Å². The molecule has 4 heteroatoms. The molecule has 193 valence electrons. The molecule has 5 aromatic rings. The number of carbonyl (C=O) groups excluding carboxylic acids is 1. The van der Waals surface area contributed by atoms with E-state index in [0.29, 0.717) is 37.6 Å². The molecule has 0 unspecified atom stereocenters. The third-order valence-electron chi connectivity index (χ3n) is 6.34. The Kier molecular flexibility index (Phi) is 8.67. The van der Waals surface area contributed by atoms with Gasteiger partial charge < -0.3 is 14.2 Å². The lowest BCUT2D eigenvalue weighted by molar-refractivity contribution is 0.299. The van der Waals surface area contributed by atoms with Crippen LogP contribution in [0.15, 0.2) is 127 Å². The summed E-state index contributed by atoms with van der Waals surface area (Å²) < 4.78 is 18.1. The van der Waals surface area contributed by atoms with Crippen molar-refractivity contribution in [2.75, 3.05) is 0 Å². The summed E-state index contributed by atoms with van der Waals surface area (Å²) in [4.78, 5) is 11.8. The smallest absolute Gasteiger partial charge is 0.233 e. The van der Waals surface area contributed by atoms with Gasteiger partial charge in [0, 0.05) is 17.5 Å². The summed E-state index contributed by atoms with van der Waals surface area (Å²) >= 11 is 0. The lowest BCUT2D eigenvalue weighted by Crippen LogP contribution is -2.03. The lowest BCUT2D eigenvalue weighted by atomic mass is 9.99. The monoisotopic (exact) mass is 513 g/mol. The Hall–Kier alpha value is -4.83. The van der Waals surface area contributed by atoms with E-state index in [-0.39, 0.29) is 0 Å². The van der Waals surface area contributed by atoms with Crippen molar-refractivity contribution in [3.05, 3.63) is 161 Å². The average molecular weight is 514 g/mol. The Bertz CT molecular complexity index is 1480. The molecular weight excluding hydrogens is 484 g/mol. The summed E-state index contributed by atoms with van der Waals surface area (Å²) in [6, 6.07) is 41.4. The maximum atomic E-state index is 11.8. The second-order valence-electron chi connectivity index (χ2n) is 9.19. The molecule has 0 aliphatic rings. The van der Waals surface area contributed by atoms with Gasteiger partial charge in [0.25, 0.3) is 0 Å². The molecule has 0 aliphatic carbocycles. The van der Waals surface area contributed by atoms with Crippen molar-refractivity contribution < 1.29 is 19.0 Å². The Balaban J connectivity index is 1.23. The van der Waals surface area contributed by atoms with E-state index in [0.717, 1.165) is 39.3 Å². The van der Waals surface area contributed by atoms with Crippen LogP contribution in [0.2, 0.25) is 0 Å². The molecule has 5 aromatic carbocycles. The van der Waals surface area contributed by atoms with Gasteiger partial charge in [-0.1, -0.05) is 97.1 Å². The molecule has 0 heterocycles. The summed E-state index contributed by atoms with van der Waals surface area (Å²) in [5.74, 6) is 2.24. The predicted molar refractivity (Wildman–Crippen MR) is 153 cm³/mol. The van der Waals surface area contributed by atoms with Gasteiger partial charge in [0.1, 0.15) is 37.1 Å². The van der Waals surface area contributed by atoms with Gasteiger partial charge in [-0.05, 0) is 52.6 Å². The van der Waals surface area contributed by atoms with E-state index < -0.39 is 0 Å². The van der Waals surface area contributed by atoms with Crippen LogP contribution in [0.5, 0.6) is 17.2 Å². The van der Waals surface area contributed by atoms with Crippen molar-refractivity contribution in [1.29, 1.82) is 0 Å². The molecule has 0 aromatic heterocycles. The highest BCUT2D eigenvalue weighted by atomic mass is 16.5. The number of ether oxygens (including phenoxy) is 3. The summed E-state index contributed by atoms with van der Waals surface area (Å²) in [6.45, 7) is 1.38. The van der Waals surface area contributed by atoms with Crippen LogP contribution in [0, 0.1) is 0 Å². The van der Waals surface area contributed by atoms with Crippen molar-refractivity contribution in [1.82, 2.24) is 0 Å². The van der Waals surface area contributed by atoms with Gasteiger partial charge in [0.2, 0.25) is 6.29 Å². The van der Waals surface area contributed by atoms with Crippen LogP contribution in [-0.2, 0) is 31.0 Å². The lowest BCUT2D eigenvalue weighted by Gasteiger charge is -2.15. The van der Waals surface area contributed by atoms with Gasteiger partial charge >= 0.3 is 0 Å². The molecule has 0 bridgehead atoms. The number of benzene rings is 5. The van der Waals surface area contributed by atoms with E-state index in [4.69, 9.17) is 14.2 Å². The van der Waals surface area contributed by atoms with Crippen LogP contribution in [0.1, 0.15) is 33.4 Å². The third-order valence-corrected chi connectivity index (χ3v) is 6.34. The fraction of sp³-hybridized carbons (Fsp3) is 0.114. The maximum absolute atomic E-state index is 11.8. The normalized spacial score (nSPS) is 10.6. The van der Waals surface area contributed by atoms with Gasteiger partial charge in [-0.25, -0.2) is 0 Å². The quantitative estimate of drug-likeness (QED) is 0.174. The largest absolute Gasteiger partial charge is 0.489 e. The molecule has 1 radical (unpaired) electrons. The fourth-order valence-corrected chi connectivity index (χ4v) is 4.25. The first kappa shape index (κ1) is 25.8. The minimum atomic E-state index is 0.370. The van der Waals surface area contributed by atoms with Crippen LogP contribution < -0.4 is 14.2 Å². The van der Waals surface area contributed by atoms with Crippen molar-refractivity contribution in [2.45, 2.75) is 26.2 Å². The molecule has 0 saturated carbocycles. The minimum Gasteiger partial charge on any atom is -0.489 e. The second-order valence-corrected chi connectivity index (χ2v) is 9.19. The Morgan fingerprint density at radius 3 is 1.72 bits per heavy atom. The molecule has 5 rings (SSSR count). The van der Waals surface area contributed by atoms with Gasteiger partial charge in [0.05, 0.1) is 0 Å². The molecule has 0 N–H and O–H groups in total. The SMILES string of the molecule is O=[C]c1cccc(OCc2ccc(OCc3ccccc3)cc2)c1Cc1cccc(OCc2ccccc2)c1. The zero-order chi connectivity index (χ0) is 26.7. The van der Waals surface area contributed by atoms with E-state index in [1.807, 2.05) is 121 Å². The first-order valence-electron chi connectivity index (χ1n) is 12.9. The van der Waals surface area contributed by atoms with Crippen LogP contribution in [0.4, 0.5) is 0 Å². The van der Waals surface area contributed by atoms with Crippen molar-refractivity contribution in [2.24, 2.45) is 0 Å². The second kappa shape index (κ2) is 13.1. The van der Waals surface area contributed by atoms with Gasteiger partial charge in [0.15, 0.2) is 0 Å². The van der Waals surface area contributed by atoms with E-state index in [1.165, 1.54) is 0 Å². The summed E-state index contributed by atoms with van der Waals surface area (Å²) in [6.07, 6.45) is 2.60. The molecule has 0 atom stereocenters. The zero-order valence-corrected chi connectivity index (χ0v) is 21.6. The Labute approximate surface area is 229 Å². The van der Waals surface area contributed by atoms with Crippen molar-refractivity contribution in [3.63, 3.8) is 0 Å². The Morgan fingerprint density at radius 1 is 0.487 bits per heavy atom. The topological polar surface area (TPSA) is 44.8 Å². The molecule has 39 heavy (non-hydrogen) atoms. The van der Waals surface area contributed by atoms with E-state index >= 15 is 0 Å². The summed E-state index contributed by atoms with van der Waals surface area (Å²) in [5.41, 5.74) is 5.55. The first-order chi connectivity index (χ1) is 19.3. The zero-order valence-electron chi connectivity index (χ0n) is 21.6. The molecule has 0 saturated heterocycles. The van der Waals surface area contributed by atoms with E-state index in [2.05, 4.69) is 6.29 Å². The van der Waals surface area contributed by atoms with Crippen molar-refractivity contribution >= 4 is 6.29 Å². The Morgan fingerprint density at radius 2 is 1.05 bits per heavy atom. The van der Waals surface area contributed by atoms with Crippen molar-refractivity contribution in [3.8, 4) is 17.2 Å². The predicted octanol–water partition coefficient (Wildman–Crippen LogP) is 7.47. The first-order valence-corrected chi connectivity index (χ1v) is 12.9. The van der Waals surface area contributed by atoms with E-state index in [1.54, 1.807) is 6.07 Å². The van der Waals surface area contributed by atoms with Crippen LogP contribution in [0.3, 0.4) is 0 Å². The summed E-state index contributed by atoms with van der Waals surface area (Å²) in [5, 5.41) is 0. The third kappa shape index (κ3) is 7.36. The minimum absolute atomic E-state index is 0.370. The fourth-order valence-electron chi connectivity index (χ4n) is 4.25. The molecular formula is C35H29O4. The highest BCUT2D eigenvalue weighted by molar-refractivity contribution is 5.79. The molecule has 0 amide bonds. The highest BCUT2D eigenvalue weighted by Crippen LogP contribution is 2.27. The average Bonchev–Trinajstić information content (AvgIpc) is 3.00. The number of rotatable bonds is 12. The van der Waals surface area contributed by atoms with E-state index in [9.17, 15) is 4.79 Å². The maximum Gasteiger partial charge on any atom is 0.233 e. The number of hydrogen-bond acceptors (Lipinski definition) is 4. The van der Waals surface area contributed by atoms with Crippen LogP contribution >= 0.6 is 0 Å². The molecule has 4 nitrogen and oxygen atoms in total. The van der Waals surface area contributed by atoms with Gasteiger partial charge in [-0.2, -0.15) is 0 Å². The number of hydrogen-bond donors (Lipinski definition) is 0. The molecule has 0 fully saturated rings. The highest BCUT2D eigenvalue weighted by Gasteiger charge is 2.12. The molecule has 0 aliphatic heterocycles. The van der Waals surface area contributed by atoms with Gasteiger partial charge in [-0.3, -0.25) is 4.79 Å².